The predicted molar refractivity (Wildman–Crippen MR) is 89.9 cm³/mol. The van der Waals surface area contributed by atoms with Crippen LogP contribution in [0.1, 0.15) is 12.8 Å². The van der Waals surface area contributed by atoms with Gasteiger partial charge in [-0.1, -0.05) is 18.2 Å². The van der Waals surface area contributed by atoms with E-state index in [1.807, 2.05) is 30.3 Å². The van der Waals surface area contributed by atoms with Gasteiger partial charge in [0, 0.05) is 23.4 Å². The van der Waals surface area contributed by atoms with Crippen LogP contribution in [0.4, 0.5) is 0 Å². The standard InChI is InChI=1S/C15H22N2O3S2/c1-22(19,20)15(7-9-16-10-8-15)14(18)17-11-12-21-13-5-3-2-4-6-13/h2-6,16H,7-12H2,1H3,(H,17,18). The molecule has 122 valence electrons. The third kappa shape index (κ3) is 4.02. The van der Waals surface area contributed by atoms with Gasteiger partial charge in [0.25, 0.3) is 0 Å². The van der Waals surface area contributed by atoms with Gasteiger partial charge in [-0.05, 0) is 38.1 Å². The number of benzene rings is 1. The van der Waals surface area contributed by atoms with Gasteiger partial charge in [-0.25, -0.2) is 8.42 Å². The van der Waals surface area contributed by atoms with E-state index in [1.54, 1.807) is 11.8 Å². The van der Waals surface area contributed by atoms with Gasteiger partial charge in [0.05, 0.1) is 0 Å². The molecule has 0 bridgehead atoms. The number of hydrogen-bond donors (Lipinski definition) is 2. The SMILES string of the molecule is CS(=O)(=O)C1(C(=O)NCCSc2ccccc2)CCNCC1. The summed E-state index contributed by atoms with van der Waals surface area (Å²) in [4.78, 5) is 13.6. The van der Waals surface area contributed by atoms with Gasteiger partial charge in [-0.3, -0.25) is 4.79 Å². The van der Waals surface area contributed by atoms with Gasteiger partial charge in [0.1, 0.15) is 0 Å². The van der Waals surface area contributed by atoms with E-state index in [-0.39, 0.29) is 5.91 Å². The zero-order chi connectivity index (χ0) is 16.1. The Labute approximate surface area is 136 Å². The topological polar surface area (TPSA) is 75.3 Å². The fourth-order valence-corrected chi connectivity index (χ4v) is 4.75. The molecule has 0 spiro atoms. The van der Waals surface area contributed by atoms with Crippen molar-refractivity contribution in [3.8, 4) is 0 Å². The number of carbonyl (C=O) groups excluding carboxylic acids is 1. The van der Waals surface area contributed by atoms with Crippen molar-refractivity contribution < 1.29 is 13.2 Å². The van der Waals surface area contributed by atoms with E-state index >= 15 is 0 Å². The van der Waals surface area contributed by atoms with Gasteiger partial charge in [-0.2, -0.15) is 0 Å². The lowest BCUT2D eigenvalue weighted by Gasteiger charge is -2.34. The molecule has 22 heavy (non-hydrogen) atoms. The number of carbonyl (C=O) groups is 1. The molecule has 1 heterocycles. The molecule has 5 nitrogen and oxygen atoms in total. The first kappa shape index (κ1) is 17.3. The molecule has 1 aliphatic rings. The Balaban J connectivity index is 1.89. The number of nitrogens with one attached hydrogen (secondary N) is 2. The Kier molecular flexibility index (Phi) is 5.88. The Bertz CT molecular complexity index is 596. The monoisotopic (exact) mass is 342 g/mol. The highest BCUT2D eigenvalue weighted by molar-refractivity contribution is 7.99. The summed E-state index contributed by atoms with van der Waals surface area (Å²) < 4.78 is 23.0. The smallest absolute Gasteiger partial charge is 0.241 e. The predicted octanol–water partition coefficient (Wildman–Crippen LogP) is 1.06. The lowest BCUT2D eigenvalue weighted by Crippen LogP contribution is -2.57. The van der Waals surface area contributed by atoms with E-state index in [0.29, 0.717) is 38.2 Å². The summed E-state index contributed by atoms with van der Waals surface area (Å²) >= 11 is 1.64. The summed E-state index contributed by atoms with van der Waals surface area (Å²) in [6.07, 6.45) is 1.84. The fourth-order valence-electron chi connectivity index (χ4n) is 2.61. The molecule has 0 unspecified atom stereocenters. The molecule has 1 aliphatic heterocycles. The van der Waals surface area contributed by atoms with Crippen LogP contribution in [-0.4, -0.2) is 50.7 Å². The Hall–Kier alpha value is -1.05. The third-order valence-electron chi connectivity index (χ3n) is 3.93. The quantitative estimate of drug-likeness (QED) is 0.597. The Morgan fingerprint density at radius 3 is 2.50 bits per heavy atom. The first-order valence-electron chi connectivity index (χ1n) is 7.32. The molecule has 1 saturated heterocycles. The molecule has 7 heteroatoms. The van der Waals surface area contributed by atoms with Gasteiger partial charge >= 0.3 is 0 Å². The number of sulfone groups is 1. The second-order valence-electron chi connectivity index (χ2n) is 5.43. The average molecular weight is 342 g/mol. The molecule has 0 atom stereocenters. The summed E-state index contributed by atoms with van der Waals surface area (Å²) in [6.45, 7) is 1.57. The van der Waals surface area contributed by atoms with E-state index in [2.05, 4.69) is 10.6 Å². The highest BCUT2D eigenvalue weighted by Gasteiger charge is 2.48. The van der Waals surface area contributed by atoms with Crippen LogP contribution >= 0.6 is 11.8 Å². The summed E-state index contributed by atoms with van der Waals surface area (Å²) in [5.41, 5.74) is 0. The zero-order valence-electron chi connectivity index (χ0n) is 12.7. The van der Waals surface area contributed by atoms with E-state index < -0.39 is 14.6 Å². The first-order chi connectivity index (χ1) is 10.5. The first-order valence-corrected chi connectivity index (χ1v) is 10.2. The van der Waals surface area contributed by atoms with Gasteiger partial charge in [0.15, 0.2) is 14.6 Å². The Morgan fingerprint density at radius 1 is 1.27 bits per heavy atom. The van der Waals surface area contributed by atoms with E-state index in [4.69, 9.17) is 0 Å². The van der Waals surface area contributed by atoms with E-state index in [9.17, 15) is 13.2 Å². The van der Waals surface area contributed by atoms with Gasteiger partial charge < -0.3 is 10.6 Å². The minimum Gasteiger partial charge on any atom is -0.354 e. The van der Waals surface area contributed by atoms with Crippen molar-refractivity contribution in [1.82, 2.24) is 10.6 Å². The van der Waals surface area contributed by atoms with Crippen molar-refractivity contribution in [2.24, 2.45) is 0 Å². The van der Waals surface area contributed by atoms with Crippen molar-refractivity contribution in [1.29, 1.82) is 0 Å². The molecule has 1 amide bonds. The van der Waals surface area contributed by atoms with Crippen molar-refractivity contribution in [3.63, 3.8) is 0 Å². The molecule has 1 aromatic rings. The van der Waals surface area contributed by atoms with Crippen molar-refractivity contribution >= 4 is 27.5 Å². The molecule has 2 N–H and O–H groups in total. The maximum atomic E-state index is 12.5. The highest BCUT2D eigenvalue weighted by Crippen LogP contribution is 2.28. The summed E-state index contributed by atoms with van der Waals surface area (Å²) in [5, 5.41) is 5.91. The second-order valence-corrected chi connectivity index (χ2v) is 8.93. The second kappa shape index (κ2) is 7.48. The van der Waals surface area contributed by atoms with Crippen LogP contribution in [-0.2, 0) is 14.6 Å². The van der Waals surface area contributed by atoms with E-state index in [0.717, 1.165) is 11.2 Å². The normalized spacial score (nSPS) is 17.9. The van der Waals surface area contributed by atoms with Crippen LogP contribution in [0.15, 0.2) is 35.2 Å². The molecule has 1 fully saturated rings. The molecular formula is C15H22N2O3S2. The van der Waals surface area contributed by atoms with Gasteiger partial charge in [-0.15, -0.1) is 11.8 Å². The molecule has 2 rings (SSSR count). The summed E-state index contributed by atoms with van der Waals surface area (Å²) in [5.74, 6) is 0.360. The molecule has 0 radical (unpaired) electrons. The minimum atomic E-state index is -3.43. The van der Waals surface area contributed by atoms with Crippen LogP contribution in [0.25, 0.3) is 0 Å². The summed E-state index contributed by atoms with van der Waals surface area (Å²) in [6, 6.07) is 9.91. The summed E-state index contributed by atoms with van der Waals surface area (Å²) in [7, 11) is -3.43. The van der Waals surface area contributed by atoms with Crippen LogP contribution in [0.2, 0.25) is 0 Å². The van der Waals surface area contributed by atoms with Crippen molar-refractivity contribution in [2.75, 3.05) is 31.6 Å². The van der Waals surface area contributed by atoms with Crippen molar-refractivity contribution in [2.45, 2.75) is 22.5 Å². The lowest BCUT2D eigenvalue weighted by atomic mass is 9.96. The highest BCUT2D eigenvalue weighted by atomic mass is 32.2. The van der Waals surface area contributed by atoms with Crippen LogP contribution < -0.4 is 10.6 Å². The largest absolute Gasteiger partial charge is 0.354 e. The molecule has 0 saturated carbocycles. The fraction of sp³-hybridized carbons (Fsp3) is 0.533. The maximum absolute atomic E-state index is 12.5. The maximum Gasteiger partial charge on any atom is 0.241 e. The molecule has 1 aromatic carbocycles. The zero-order valence-corrected chi connectivity index (χ0v) is 14.3. The minimum absolute atomic E-state index is 0.337. The third-order valence-corrected chi connectivity index (χ3v) is 6.96. The van der Waals surface area contributed by atoms with Crippen LogP contribution in [0, 0.1) is 0 Å². The molecular weight excluding hydrogens is 320 g/mol. The molecule has 0 aromatic heterocycles. The van der Waals surface area contributed by atoms with Crippen LogP contribution in [0.5, 0.6) is 0 Å². The lowest BCUT2D eigenvalue weighted by molar-refractivity contribution is -0.124. The number of amides is 1. The van der Waals surface area contributed by atoms with Crippen molar-refractivity contribution in [3.05, 3.63) is 30.3 Å². The Morgan fingerprint density at radius 2 is 1.91 bits per heavy atom. The van der Waals surface area contributed by atoms with E-state index in [1.165, 1.54) is 0 Å². The molecule has 0 aliphatic carbocycles. The van der Waals surface area contributed by atoms with Gasteiger partial charge in [0.2, 0.25) is 5.91 Å². The number of hydrogen-bond acceptors (Lipinski definition) is 5. The average Bonchev–Trinajstić information content (AvgIpc) is 2.52. The number of piperidine rings is 1. The number of thioether (sulfide) groups is 1. The van der Waals surface area contributed by atoms with Crippen LogP contribution in [0.3, 0.4) is 0 Å². The number of rotatable bonds is 6.